The smallest absolute Gasteiger partial charge is 0.230 e. The van der Waals surface area contributed by atoms with Gasteiger partial charge in [-0.1, -0.05) is 23.7 Å². The quantitative estimate of drug-likeness (QED) is 0.854. The molecule has 1 N–H and O–H groups in total. The number of aromatic nitrogens is 2. The molecule has 1 atom stereocenters. The minimum atomic E-state index is -0.483. The number of benzene rings is 1. The van der Waals surface area contributed by atoms with E-state index in [1.807, 2.05) is 43.3 Å². The van der Waals surface area contributed by atoms with Gasteiger partial charge in [-0.25, -0.2) is 0 Å². The SMILES string of the molecule is Cc1ccc(N2CC(Cc3ccc(Cl)cc3)(C(=O)NC3CCOC3)C2)nn1. The van der Waals surface area contributed by atoms with Crippen LogP contribution in [0.4, 0.5) is 5.82 Å². The molecule has 1 amide bonds. The molecule has 2 aliphatic heterocycles. The van der Waals surface area contributed by atoms with Crippen molar-refractivity contribution in [2.75, 3.05) is 31.2 Å². The molecule has 1 aromatic carbocycles. The molecule has 3 heterocycles. The maximum Gasteiger partial charge on any atom is 0.230 e. The van der Waals surface area contributed by atoms with Gasteiger partial charge in [-0.05, 0) is 49.6 Å². The van der Waals surface area contributed by atoms with Crippen molar-refractivity contribution in [1.82, 2.24) is 15.5 Å². The van der Waals surface area contributed by atoms with Crippen LogP contribution in [0.1, 0.15) is 17.7 Å². The number of nitrogens with zero attached hydrogens (tertiary/aromatic N) is 3. The lowest BCUT2D eigenvalue weighted by Gasteiger charge is -2.49. The lowest BCUT2D eigenvalue weighted by atomic mass is 9.73. The third-order valence-electron chi connectivity index (χ3n) is 5.30. The molecule has 2 saturated heterocycles. The minimum absolute atomic E-state index is 0.0873. The summed E-state index contributed by atoms with van der Waals surface area (Å²) in [6, 6.07) is 11.7. The molecular weight excluding hydrogens is 364 g/mol. The third-order valence-corrected chi connectivity index (χ3v) is 5.55. The summed E-state index contributed by atoms with van der Waals surface area (Å²) in [5, 5.41) is 12.3. The number of nitrogens with one attached hydrogen (secondary N) is 1. The van der Waals surface area contributed by atoms with E-state index in [-0.39, 0.29) is 11.9 Å². The Hall–Kier alpha value is -2.18. The maximum atomic E-state index is 13.2. The molecule has 0 saturated carbocycles. The Morgan fingerprint density at radius 1 is 1.26 bits per heavy atom. The molecule has 7 heteroatoms. The topological polar surface area (TPSA) is 67.4 Å². The maximum absolute atomic E-state index is 13.2. The summed E-state index contributed by atoms with van der Waals surface area (Å²) in [6.07, 6.45) is 1.54. The van der Waals surface area contributed by atoms with Gasteiger partial charge in [0.15, 0.2) is 5.82 Å². The Bertz CT molecular complexity index is 798. The van der Waals surface area contributed by atoms with Crippen LogP contribution in [-0.2, 0) is 16.0 Å². The van der Waals surface area contributed by atoms with Crippen molar-refractivity contribution >= 4 is 23.3 Å². The second-order valence-corrected chi connectivity index (χ2v) is 7.94. The van der Waals surface area contributed by atoms with Crippen molar-refractivity contribution in [3.63, 3.8) is 0 Å². The Morgan fingerprint density at radius 3 is 2.67 bits per heavy atom. The number of halogens is 1. The number of amides is 1. The van der Waals surface area contributed by atoms with E-state index in [0.717, 1.165) is 23.5 Å². The van der Waals surface area contributed by atoms with E-state index < -0.39 is 5.41 Å². The largest absolute Gasteiger partial charge is 0.379 e. The molecule has 1 aromatic heterocycles. The summed E-state index contributed by atoms with van der Waals surface area (Å²) < 4.78 is 5.40. The first-order valence-corrected chi connectivity index (χ1v) is 9.60. The van der Waals surface area contributed by atoms with Crippen LogP contribution in [-0.4, -0.2) is 48.4 Å². The second-order valence-electron chi connectivity index (χ2n) is 7.51. The van der Waals surface area contributed by atoms with Gasteiger partial charge in [0.2, 0.25) is 5.91 Å². The summed E-state index contributed by atoms with van der Waals surface area (Å²) in [4.78, 5) is 15.3. The van der Waals surface area contributed by atoms with Gasteiger partial charge in [-0.15, -0.1) is 5.10 Å². The number of carbonyl (C=O) groups excluding carboxylic acids is 1. The van der Waals surface area contributed by atoms with E-state index in [0.29, 0.717) is 37.7 Å². The van der Waals surface area contributed by atoms with E-state index in [1.54, 1.807) is 0 Å². The zero-order valence-electron chi connectivity index (χ0n) is 15.3. The van der Waals surface area contributed by atoms with Crippen molar-refractivity contribution < 1.29 is 9.53 Å². The molecule has 0 spiro atoms. The predicted molar refractivity (Wildman–Crippen MR) is 104 cm³/mol. The van der Waals surface area contributed by atoms with Crippen LogP contribution in [0.5, 0.6) is 0 Å². The fraction of sp³-hybridized carbons (Fsp3) is 0.450. The number of hydrogen-bond donors (Lipinski definition) is 1. The number of carbonyl (C=O) groups is 1. The number of aryl methyl sites for hydroxylation is 1. The van der Waals surface area contributed by atoms with Gasteiger partial charge in [0.1, 0.15) is 0 Å². The van der Waals surface area contributed by atoms with Crippen molar-refractivity contribution in [2.24, 2.45) is 5.41 Å². The molecule has 2 aliphatic rings. The molecule has 27 heavy (non-hydrogen) atoms. The minimum Gasteiger partial charge on any atom is -0.379 e. The van der Waals surface area contributed by atoms with Gasteiger partial charge in [0, 0.05) is 24.7 Å². The van der Waals surface area contributed by atoms with Gasteiger partial charge >= 0.3 is 0 Å². The molecule has 4 rings (SSSR count). The molecule has 1 unspecified atom stereocenters. The summed E-state index contributed by atoms with van der Waals surface area (Å²) >= 11 is 6.01. The van der Waals surface area contributed by atoms with Crippen molar-refractivity contribution in [3.8, 4) is 0 Å². The van der Waals surface area contributed by atoms with Crippen LogP contribution < -0.4 is 10.2 Å². The average Bonchev–Trinajstić information content (AvgIpc) is 3.13. The first-order valence-electron chi connectivity index (χ1n) is 9.23. The molecule has 2 fully saturated rings. The van der Waals surface area contributed by atoms with Gasteiger partial charge < -0.3 is 15.0 Å². The van der Waals surface area contributed by atoms with Crippen LogP contribution in [0.25, 0.3) is 0 Å². The zero-order valence-corrected chi connectivity index (χ0v) is 16.1. The molecule has 0 radical (unpaired) electrons. The monoisotopic (exact) mass is 386 g/mol. The van der Waals surface area contributed by atoms with E-state index in [1.165, 1.54) is 0 Å². The number of anilines is 1. The molecule has 0 aliphatic carbocycles. The molecular formula is C20H23ClN4O2. The van der Waals surface area contributed by atoms with Crippen LogP contribution in [0.15, 0.2) is 36.4 Å². The van der Waals surface area contributed by atoms with Crippen LogP contribution in [0, 0.1) is 12.3 Å². The highest BCUT2D eigenvalue weighted by Gasteiger charge is 2.50. The Morgan fingerprint density at radius 2 is 2.04 bits per heavy atom. The highest BCUT2D eigenvalue weighted by Crippen LogP contribution is 2.37. The first kappa shape index (κ1) is 18.2. The van der Waals surface area contributed by atoms with Crippen molar-refractivity contribution in [3.05, 3.63) is 52.7 Å². The lowest BCUT2D eigenvalue weighted by molar-refractivity contribution is -0.133. The van der Waals surface area contributed by atoms with E-state index in [4.69, 9.17) is 16.3 Å². The molecule has 2 aromatic rings. The summed E-state index contributed by atoms with van der Waals surface area (Å²) in [5.41, 5.74) is 1.50. The van der Waals surface area contributed by atoms with E-state index in [2.05, 4.69) is 20.4 Å². The van der Waals surface area contributed by atoms with Gasteiger partial charge in [-0.2, -0.15) is 5.10 Å². The summed E-state index contributed by atoms with van der Waals surface area (Å²) in [6.45, 7) is 4.45. The van der Waals surface area contributed by atoms with Crippen LogP contribution in [0.3, 0.4) is 0 Å². The van der Waals surface area contributed by atoms with Crippen LogP contribution in [0.2, 0.25) is 5.02 Å². The van der Waals surface area contributed by atoms with Crippen molar-refractivity contribution in [1.29, 1.82) is 0 Å². The normalized spacial score (nSPS) is 21.0. The van der Waals surface area contributed by atoms with Gasteiger partial charge in [0.25, 0.3) is 0 Å². The lowest BCUT2D eigenvalue weighted by Crippen LogP contribution is -2.65. The first-order chi connectivity index (χ1) is 13.0. The fourth-order valence-corrected chi connectivity index (χ4v) is 3.85. The van der Waals surface area contributed by atoms with Crippen LogP contribution >= 0.6 is 11.6 Å². The highest BCUT2D eigenvalue weighted by atomic mass is 35.5. The Balaban J connectivity index is 1.51. The Kier molecular flexibility index (Phi) is 5.02. The summed E-state index contributed by atoms with van der Waals surface area (Å²) in [5.74, 6) is 0.897. The average molecular weight is 387 g/mol. The number of hydrogen-bond acceptors (Lipinski definition) is 5. The van der Waals surface area contributed by atoms with Crippen molar-refractivity contribution in [2.45, 2.75) is 25.8 Å². The molecule has 142 valence electrons. The number of ether oxygens (including phenoxy) is 1. The highest BCUT2D eigenvalue weighted by molar-refractivity contribution is 6.30. The molecule has 0 bridgehead atoms. The fourth-order valence-electron chi connectivity index (χ4n) is 3.72. The standard InChI is InChI=1S/C20H23ClN4O2/c1-14-2-7-18(24-23-14)25-12-20(13-25,10-15-3-5-16(21)6-4-15)19(26)22-17-8-9-27-11-17/h2-7,17H,8-13H2,1H3,(H,22,26). The van der Waals surface area contributed by atoms with E-state index >= 15 is 0 Å². The van der Waals surface area contributed by atoms with Gasteiger partial charge in [0.05, 0.1) is 23.8 Å². The third kappa shape index (κ3) is 3.92. The molecule has 6 nitrogen and oxygen atoms in total. The number of rotatable bonds is 5. The summed E-state index contributed by atoms with van der Waals surface area (Å²) in [7, 11) is 0. The zero-order chi connectivity index (χ0) is 18.9. The predicted octanol–water partition coefficient (Wildman–Crippen LogP) is 2.39. The van der Waals surface area contributed by atoms with Gasteiger partial charge in [-0.3, -0.25) is 4.79 Å². The van der Waals surface area contributed by atoms with E-state index in [9.17, 15) is 4.79 Å². The second kappa shape index (κ2) is 7.44. The Labute approximate surface area is 163 Å².